The molecule has 0 aliphatic rings. The maximum atomic E-state index is 11.6. The molecule has 0 aliphatic heterocycles. The van der Waals surface area contributed by atoms with Gasteiger partial charge >= 0.3 is 6.03 Å². The van der Waals surface area contributed by atoms with Gasteiger partial charge in [0.05, 0.1) is 0 Å². The molecule has 0 unspecified atom stereocenters. The number of carbonyl (C=O) groups excluding carboxylic acids is 1. The fourth-order valence-electron chi connectivity index (χ4n) is 1.37. The van der Waals surface area contributed by atoms with Gasteiger partial charge in [-0.25, -0.2) is 4.79 Å². The Labute approximate surface area is 91.3 Å². The van der Waals surface area contributed by atoms with Gasteiger partial charge in [0.1, 0.15) is 0 Å². The Morgan fingerprint density at radius 1 is 1.13 bits per heavy atom. The fourth-order valence-corrected chi connectivity index (χ4v) is 1.37. The number of hydrogen-bond donors (Lipinski definition) is 0. The van der Waals surface area contributed by atoms with Gasteiger partial charge in [0.25, 0.3) is 0 Å². The highest BCUT2D eigenvalue weighted by atomic mass is 16.2. The number of amides is 2. The van der Waals surface area contributed by atoms with Crippen molar-refractivity contribution >= 4 is 11.7 Å². The van der Waals surface area contributed by atoms with Gasteiger partial charge in [0, 0.05) is 26.8 Å². The third kappa shape index (κ3) is 2.72. The van der Waals surface area contributed by atoms with Crippen molar-refractivity contribution in [3.8, 4) is 0 Å². The maximum Gasteiger partial charge on any atom is 0.323 e. The van der Waals surface area contributed by atoms with Crippen LogP contribution >= 0.6 is 0 Å². The SMILES string of the molecule is CCc1ccc(N(C)C(=O)N(C)C)cc1. The Bertz CT molecular complexity index is 330. The summed E-state index contributed by atoms with van der Waals surface area (Å²) < 4.78 is 0. The van der Waals surface area contributed by atoms with E-state index in [4.69, 9.17) is 0 Å². The quantitative estimate of drug-likeness (QED) is 0.728. The van der Waals surface area contributed by atoms with E-state index in [-0.39, 0.29) is 6.03 Å². The van der Waals surface area contributed by atoms with Crippen LogP contribution in [0.2, 0.25) is 0 Å². The van der Waals surface area contributed by atoms with Crippen molar-refractivity contribution in [2.24, 2.45) is 0 Å². The second-order valence-electron chi connectivity index (χ2n) is 3.76. The number of carbonyl (C=O) groups is 1. The van der Waals surface area contributed by atoms with E-state index >= 15 is 0 Å². The number of hydrogen-bond acceptors (Lipinski definition) is 1. The van der Waals surface area contributed by atoms with E-state index in [1.807, 2.05) is 12.1 Å². The minimum absolute atomic E-state index is 0.0146. The number of aryl methyl sites for hydroxylation is 1. The van der Waals surface area contributed by atoms with Gasteiger partial charge in [-0.3, -0.25) is 4.90 Å². The lowest BCUT2D eigenvalue weighted by molar-refractivity contribution is 0.225. The van der Waals surface area contributed by atoms with Crippen LogP contribution in [0.25, 0.3) is 0 Å². The van der Waals surface area contributed by atoms with Gasteiger partial charge in [0.15, 0.2) is 0 Å². The predicted octanol–water partition coefficient (Wildman–Crippen LogP) is 2.37. The zero-order chi connectivity index (χ0) is 11.4. The summed E-state index contributed by atoms with van der Waals surface area (Å²) in [7, 11) is 5.28. The molecule has 0 bridgehead atoms. The Morgan fingerprint density at radius 2 is 1.67 bits per heavy atom. The van der Waals surface area contributed by atoms with Crippen molar-refractivity contribution in [3.63, 3.8) is 0 Å². The number of anilines is 1. The molecule has 1 aromatic rings. The Morgan fingerprint density at radius 3 is 2.07 bits per heavy atom. The molecular formula is C12H18N2O. The minimum Gasteiger partial charge on any atom is -0.330 e. The standard InChI is InChI=1S/C12H18N2O/c1-5-10-6-8-11(9-7-10)14(4)12(15)13(2)3/h6-9H,5H2,1-4H3. The summed E-state index contributed by atoms with van der Waals surface area (Å²) in [5.74, 6) is 0. The first-order chi connectivity index (χ1) is 7.06. The maximum absolute atomic E-state index is 11.6. The molecule has 1 aromatic carbocycles. The Kier molecular flexibility index (Phi) is 3.72. The average Bonchev–Trinajstić information content (AvgIpc) is 2.27. The first kappa shape index (κ1) is 11.6. The van der Waals surface area contributed by atoms with Gasteiger partial charge in [-0.15, -0.1) is 0 Å². The molecule has 0 aliphatic carbocycles. The largest absolute Gasteiger partial charge is 0.330 e. The second-order valence-corrected chi connectivity index (χ2v) is 3.76. The highest BCUT2D eigenvalue weighted by molar-refractivity contribution is 5.91. The smallest absolute Gasteiger partial charge is 0.323 e. The number of urea groups is 1. The summed E-state index contributed by atoms with van der Waals surface area (Å²) in [6.45, 7) is 2.11. The van der Waals surface area contributed by atoms with Crippen molar-refractivity contribution in [3.05, 3.63) is 29.8 Å². The second kappa shape index (κ2) is 4.82. The van der Waals surface area contributed by atoms with Crippen LogP contribution in [-0.2, 0) is 6.42 Å². The molecule has 0 saturated carbocycles. The molecule has 2 amide bonds. The molecule has 15 heavy (non-hydrogen) atoms. The van der Waals surface area contributed by atoms with E-state index < -0.39 is 0 Å². The Balaban J connectivity index is 2.82. The summed E-state index contributed by atoms with van der Waals surface area (Å²) in [5.41, 5.74) is 2.20. The number of nitrogens with zero attached hydrogens (tertiary/aromatic N) is 2. The average molecular weight is 206 g/mol. The fraction of sp³-hybridized carbons (Fsp3) is 0.417. The van der Waals surface area contributed by atoms with Gasteiger partial charge < -0.3 is 4.90 Å². The summed E-state index contributed by atoms with van der Waals surface area (Å²) in [6, 6.07) is 8.03. The predicted molar refractivity (Wildman–Crippen MR) is 63.3 cm³/mol. The summed E-state index contributed by atoms with van der Waals surface area (Å²) in [6.07, 6.45) is 1.02. The Hall–Kier alpha value is -1.51. The highest BCUT2D eigenvalue weighted by Gasteiger charge is 2.11. The zero-order valence-corrected chi connectivity index (χ0v) is 9.82. The van der Waals surface area contributed by atoms with Crippen molar-refractivity contribution < 1.29 is 4.79 Å². The molecule has 0 spiro atoms. The van der Waals surface area contributed by atoms with E-state index in [1.165, 1.54) is 5.56 Å². The van der Waals surface area contributed by atoms with Crippen LogP contribution in [0.15, 0.2) is 24.3 Å². The zero-order valence-electron chi connectivity index (χ0n) is 9.82. The molecule has 82 valence electrons. The molecule has 0 heterocycles. The molecule has 0 atom stereocenters. The molecule has 3 nitrogen and oxygen atoms in total. The highest BCUT2D eigenvalue weighted by Crippen LogP contribution is 2.14. The van der Waals surface area contributed by atoms with E-state index in [9.17, 15) is 4.79 Å². The normalized spacial score (nSPS) is 9.87. The van der Waals surface area contributed by atoms with Gasteiger partial charge in [0.2, 0.25) is 0 Å². The summed E-state index contributed by atoms with van der Waals surface area (Å²) in [4.78, 5) is 14.9. The van der Waals surface area contributed by atoms with Crippen molar-refractivity contribution in [1.29, 1.82) is 0 Å². The van der Waals surface area contributed by atoms with E-state index in [0.29, 0.717) is 0 Å². The van der Waals surface area contributed by atoms with Crippen LogP contribution in [0.4, 0.5) is 10.5 Å². The third-order valence-electron chi connectivity index (χ3n) is 2.40. The minimum atomic E-state index is -0.0146. The molecule has 0 radical (unpaired) electrons. The molecule has 0 N–H and O–H groups in total. The van der Waals surface area contributed by atoms with Crippen LogP contribution in [0.3, 0.4) is 0 Å². The molecule has 3 heteroatoms. The van der Waals surface area contributed by atoms with Crippen LogP contribution in [0.5, 0.6) is 0 Å². The lowest BCUT2D eigenvalue weighted by Crippen LogP contribution is -2.36. The first-order valence-corrected chi connectivity index (χ1v) is 5.10. The van der Waals surface area contributed by atoms with Gasteiger partial charge in [-0.05, 0) is 24.1 Å². The molecule has 1 rings (SSSR count). The topological polar surface area (TPSA) is 23.6 Å². The van der Waals surface area contributed by atoms with E-state index in [2.05, 4.69) is 19.1 Å². The summed E-state index contributed by atoms with van der Waals surface area (Å²) >= 11 is 0. The van der Waals surface area contributed by atoms with Crippen LogP contribution < -0.4 is 4.90 Å². The molecule has 0 aromatic heterocycles. The van der Waals surface area contributed by atoms with E-state index in [0.717, 1.165) is 12.1 Å². The lowest BCUT2D eigenvalue weighted by atomic mass is 10.1. The van der Waals surface area contributed by atoms with Crippen molar-refractivity contribution in [2.45, 2.75) is 13.3 Å². The monoisotopic (exact) mass is 206 g/mol. The van der Waals surface area contributed by atoms with Crippen molar-refractivity contribution in [1.82, 2.24) is 4.90 Å². The van der Waals surface area contributed by atoms with Crippen molar-refractivity contribution in [2.75, 3.05) is 26.0 Å². The van der Waals surface area contributed by atoms with Crippen LogP contribution in [0.1, 0.15) is 12.5 Å². The van der Waals surface area contributed by atoms with Gasteiger partial charge in [-0.1, -0.05) is 19.1 Å². The van der Waals surface area contributed by atoms with Gasteiger partial charge in [-0.2, -0.15) is 0 Å². The number of benzene rings is 1. The first-order valence-electron chi connectivity index (χ1n) is 5.10. The molecule has 0 fully saturated rings. The number of rotatable bonds is 2. The van der Waals surface area contributed by atoms with E-state index in [1.54, 1.807) is 30.9 Å². The lowest BCUT2D eigenvalue weighted by Gasteiger charge is -2.21. The summed E-state index contributed by atoms with van der Waals surface area (Å²) in [5, 5.41) is 0. The molecule has 0 saturated heterocycles. The van der Waals surface area contributed by atoms with Crippen LogP contribution in [0, 0.1) is 0 Å². The van der Waals surface area contributed by atoms with Crippen LogP contribution in [-0.4, -0.2) is 32.1 Å². The third-order valence-corrected chi connectivity index (χ3v) is 2.40. The molecular weight excluding hydrogens is 188 g/mol.